The van der Waals surface area contributed by atoms with Gasteiger partial charge in [-0.15, -0.1) is 0 Å². The molecule has 1 heterocycles. The van der Waals surface area contributed by atoms with Crippen LogP contribution in [-0.4, -0.2) is 51.3 Å². The molecule has 1 radical (unpaired) electrons. The summed E-state index contributed by atoms with van der Waals surface area (Å²) in [7, 11) is 3.86. The average Bonchev–Trinajstić information content (AvgIpc) is 1.94. The van der Waals surface area contributed by atoms with E-state index in [1.54, 1.807) is 7.11 Å². The van der Waals surface area contributed by atoms with Gasteiger partial charge in [-0.3, -0.25) is 4.90 Å². The van der Waals surface area contributed by atoms with Crippen LogP contribution in [0.3, 0.4) is 0 Å². The lowest BCUT2D eigenvalue weighted by atomic mass is 10.2. The maximum Gasteiger partial charge on any atom is 0.0630 e. The first-order valence-electron chi connectivity index (χ1n) is 3.67. The second kappa shape index (κ2) is 3.91. The number of ether oxygens (including phenoxy) is 1. The molecule has 1 rings (SSSR count). The van der Waals surface area contributed by atoms with E-state index in [1.807, 2.05) is 0 Å². The monoisotopic (exact) mass is 143 g/mol. The molecule has 1 unspecified atom stereocenters. The lowest BCUT2D eigenvalue weighted by molar-refractivity contribution is 0.0898. The highest BCUT2D eigenvalue weighted by molar-refractivity contribution is 4.75. The number of methoxy groups -OCH3 is 1. The molecule has 1 atom stereocenters. The first-order valence-corrected chi connectivity index (χ1v) is 3.67. The molecule has 0 bridgehead atoms. The molecule has 0 aromatic carbocycles. The number of hydrogen-bond acceptors (Lipinski definition) is 2. The standard InChI is InChI=1S/C7H15N2O/c1-9-4-3-8-5-7(9)6-10-2/h7H,3-6H2,1-2H3. The van der Waals surface area contributed by atoms with E-state index in [1.165, 1.54) is 0 Å². The number of likely N-dealkylation sites (N-methyl/N-ethyl adjacent to an activating group) is 1. The van der Waals surface area contributed by atoms with E-state index in [2.05, 4.69) is 17.3 Å². The highest BCUT2D eigenvalue weighted by Crippen LogP contribution is 1.99. The number of nitrogens with zero attached hydrogens (tertiary/aromatic N) is 2. The van der Waals surface area contributed by atoms with Crippen molar-refractivity contribution in [1.82, 2.24) is 10.2 Å². The van der Waals surface area contributed by atoms with Crippen LogP contribution in [0.15, 0.2) is 0 Å². The van der Waals surface area contributed by atoms with E-state index in [-0.39, 0.29) is 0 Å². The Morgan fingerprint density at radius 3 is 3.10 bits per heavy atom. The van der Waals surface area contributed by atoms with E-state index >= 15 is 0 Å². The van der Waals surface area contributed by atoms with Crippen LogP contribution in [0.1, 0.15) is 0 Å². The fraction of sp³-hybridized carbons (Fsp3) is 1.00. The van der Waals surface area contributed by atoms with Crippen LogP contribution in [-0.2, 0) is 4.74 Å². The lowest BCUT2D eigenvalue weighted by Crippen LogP contribution is -2.48. The summed E-state index contributed by atoms with van der Waals surface area (Å²) in [5.41, 5.74) is 0. The Morgan fingerprint density at radius 1 is 1.70 bits per heavy atom. The molecule has 1 saturated heterocycles. The molecule has 59 valence electrons. The highest BCUT2D eigenvalue weighted by Gasteiger charge is 2.18. The van der Waals surface area contributed by atoms with Gasteiger partial charge in [0.05, 0.1) is 6.61 Å². The summed E-state index contributed by atoms with van der Waals surface area (Å²) in [5, 5.41) is 4.31. The van der Waals surface area contributed by atoms with Crippen LogP contribution in [0.5, 0.6) is 0 Å². The maximum absolute atomic E-state index is 5.05. The van der Waals surface area contributed by atoms with Crippen molar-refractivity contribution in [2.24, 2.45) is 0 Å². The van der Waals surface area contributed by atoms with Crippen molar-refractivity contribution >= 4 is 0 Å². The summed E-state index contributed by atoms with van der Waals surface area (Å²) < 4.78 is 5.05. The molecule has 1 fully saturated rings. The molecule has 0 saturated carbocycles. The summed E-state index contributed by atoms with van der Waals surface area (Å²) in [6.07, 6.45) is 0. The SMILES string of the molecule is COCC1C[N]CCN1C. The molecule has 0 amide bonds. The minimum atomic E-state index is 0.513. The molecular weight excluding hydrogens is 128 g/mol. The zero-order valence-corrected chi connectivity index (χ0v) is 6.71. The summed E-state index contributed by atoms with van der Waals surface area (Å²) in [4.78, 5) is 2.30. The zero-order chi connectivity index (χ0) is 7.40. The van der Waals surface area contributed by atoms with Crippen molar-refractivity contribution in [3.05, 3.63) is 0 Å². The van der Waals surface area contributed by atoms with Gasteiger partial charge >= 0.3 is 0 Å². The van der Waals surface area contributed by atoms with E-state index in [4.69, 9.17) is 4.74 Å². The van der Waals surface area contributed by atoms with Crippen LogP contribution in [0.25, 0.3) is 0 Å². The van der Waals surface area contributed by atoms with Gasteiger partial charge in [-0.2, -0.15) is 0 Å². The van der Waals surface area contributed by atoms with Gasteiger partial charge in [0.2, 0.25) is 0 Å². The van der Waals surface area contributed by atoms with Crippen molar-refractivity contribution in [3.63, 3.8) is 0 Å². The summed E-state index contributed by atoms with van der Waals surface area (Å²) >= 11 is 0. The topological polar surface area (TPSA) is 26.6 Å². The molecule has 0 spiro atoms. The number of piperazine rings is 1. The summed E-state index contributed by atoms with van der Waals surface area (Å²) in [5.74, 6) is 0. The summed E-state index contributed by atoms with van der Waals surface area (Å²) in [6.45, 7) is 3.80. The van der Waals surface area contributed by atoms with Gasteiger partial charge in [-0.25, -0.2) is 5.32 Å². The highest BCUT2D eigenvalue weighted by atomic mass is 16.5. The largest absolute Gasteiger partial charge is 0.383 e. The molecule has 1 aliphatic rings. The Bertz CT molecular complexity index is 95.6. The van der Waals surface area contributed by atoms with Crippen LogP contribution in [0.4, 0.5) is 0 Å². The maximum atomic E-state index is 5.05. The molecular formula is C7H15N2O. The third-order valence-corrected chi connectivity index (χ3v) is 1.93. The second-order valence-electron chi connectivity index (χ2n) is 2.72. The quantitative estimate of drug-likeness (QED) is 0.523. The fourth-order valence-corrected chi connectivity index (χ4v) is 1.16. The van der Waals surface area contributed by atoms with Crippen LogP contribution in [0, 0.1) is 0 Å². The van der Waals surface area contributed by atoms with Gasteiger partial charge < -0.3 is 4.74 Å². The second-order valence-corrected chi connectivity index (χ2v) is 2.72. The van der Waals surface area contributed by atoms with E-state index < -0.39 is 0 Å². The van der Waals surface area contributed by atoms with Gasteiger partial charge in [0.25, 0.3) is 0 Å². The molecule has 3 nitrogen and oxygen atoms in total. The first-order chi connectivity index (χ1) is 4.84. The van der Waals surface area contributed by atoms with E-state index in [9.17, 15) is 0 Å². The Kier molecular flexibility index (Phi) is 3.12. The van der Waals surface area contributed by atoms with Gasteiger partial charge in [-0.05, 0) is 7.05 Å². The minimum Gasteiger partial charge on any atom is -0.383 e. The Morgan fingerprint density at radius 2 is 2.50 bits per heavy atom. The Labute approximate surface area is 62.3 Å². The third-order valence-electron chi connectivity index (χ3n) is 1.93. The van der Waals surface area contributed by atoms with Crippen molar-refractivity contribution in [2.75, 3.05) is 40.4 Å². The molecule has 0 N–H and O–H groups in total. The zero-order valence-electron chi connectivity index (χ0n) is 6.71. The predicted octanol–water partition coefficient (Wildman–Crippen LogP) is -0.449. The Balaban J connectivity index is 2.25. The van der Waals surface area contributed by atoms with Crippen molar-refractivity contribution in [3.8, 4) is 0 Å². The van der Waals surface area contributed by atoms with Crippen molar-refractivity contribution < 1.29 is 4.74 Å². The molecule has 0 aromatic rings. The third kappa shape index (κ3) is 1.94. The van der Waals surface area contributed by atoms with Gasteiger partial charge in [0.1, 0.15) is 0 Å². The lowest BCUT2D eigenvalue weighted by Gasteiger charge is -2.31. The predicted molar refractivity (Wildman–Crippen MR) is 40.2 cm³/mol. The average molecular weight is 143 g/mol. The van der Waals surface area contributed by atoms with Crippen LogP contribution >= 0.6 is 0 Å². The summed E-state index contributed by atoms with van der Waals surface area (Å²) in [6, 6.07) is 0.513. The van der Waals surface area contributed by atoms with Gasteiger partial charge in [0, 0.05) is 32.8 Å². The molecule has 0 aliphatic carbocycles. The fourth-order valence-electron chi connectivity index (χ4n) is 1.16. The minimum absolute atomic E-state index is 0.513. The molecule has 3 heteroatoms. The smallest absolute Gasteiger partial charge is 0.0630 e. The Hall–Kier alpha value is -0.120. The van der Waals surface area contributed by atoms with E-state index in [0.717, 1.165) is 26.2 Å². The van der Waals surface area contributed by atoms with Gasteiger partial charge in [-0.1, -0.05) is 0 Å². The molecule has 10 heavy (non-hydrogen) atoms. The normalized spacial score (nSPS) is 28.8. The van der Waals surface area contributed by atoms with Crippen LogP contribution in [0.2, 0.25) is 0 Å². The number of rotatable bonds is 2. The van der Waals surface area contributed by atoms with Gasteiger partial charge in [0.15, 0.2) is 0 Å². The molecule has 0 aromatic heterocycles. The van der Waals surface area contributed by atoms with E-state index in [0.29, 0.717) is 6.04 Å². The first kappa shape index (κ1) is 7.98. The van der Waals surface area contributed by atoms with Crippen molar-refractivity contribution in [2.45, 2.75) is 6.04 Å². The van der Waals surface area contributed by atoms with Crippen molar-refractivity contribution in [1.29, 1.82) is 0 Å². The van der Waals surface area contributed by atoms with Crippen LogP contribution < -0.4 is 5.32 Å². The number of hydrogen-bond donors (Lipinski definition) is 0. The molecule has 1 aliphatic heterocycles.